The fourth-order valence-electron chi connectivity index (χ4n) is 1.29. The van der Waals surface area contributed by atoms with Crippen LogP contribution in [0, 0.1) is 11.3 Å². The number of carbonyl (C=O) groups is 1. The number of hydrogen-bond acceptors (Lipinski definition) is 2. The number of nitriles is 1. The Bertz CT molecular complexity index is 440. The normalized spacial score (nSPS) is 11.6. The quantitative estimate of drug-likeness (QED) is 0.904. The van der Waals surface area contributed by atoms with Gasteiger partial charge in [0.2, 0.25) is 5.91 Å². The van der Waals surface area contributed by atoms with Crippen molar-refractivity contribution in [3.63, 3.8) is 0 Å². The first-order valence-corrected chi connectivity index (χ1v) is 5.41. The van der Waals surface area contributed by atoms with Gasteiger partial charge in [0.05, 0.1) is 12.1 Å². The minimum absolute atomic E-state index is 0.157. The van der Waals surface area contributed by atoms with Gasteiger partial charge in [0.1, 0.15) is 6.42 Å². The lowest BCUT2D eigenvalue weighted by Gasteiger charge is -2.14. The molecule has 0 aliphatic carbocycles. The first-order valence-electron chi connectivity index (χ1n) is 4.66. The summed E-state index contributed by atoms with van der Waals surface area (Å²) in [5.74, 6) is -0.319. The highest BCUT2D eigenvalue weighted by molar-refractivity contribution is 6.35. The molecule has 3 nitrogen and oxygen atoms in total. The summed E-state index contributed by atoms with van der Waals surface area (Å²) < 4.78 is 0. The van der Waals surface area contributed by atoms with Gasteiger partial charge >= 0.3 is 0 Å². The van der Waals surface area contributed by atoms with Crippen molar-refractivity contribution in [2.24, 2.45) is 0 Å². The second-order valence-electron chi connectivity index (χ2n) is 3.29. The lowest BCUT2D eigenvalue weighted by Crippen LogP contribution is -2.26. The van der Waals surface area contributed by atoms with Crippen molar-refractivity contribution in [3.8, 4) is 6.07 Å². The third-order valence-corrected chi connectivity index (χ3v) is 2.61. The van der Waals surface area contributed by atoms with Crippen molar-refractivity contribution in [1.82, 2.24) is 5.32 Å². The maximum Gasteiger partial charge on any atom is 0.234 e. The standard InChI is InChI=1S/C11H10Cl2N2O/c1-7(15-11(16)4-5-14)9-3-2-8(12)6-10(9)13/h2-3,6-7H,4H2,1H3,(H,15,16)/t7-/m0/s1. The van der Waals surface area contributed by atoms with Crippen molar-refractivity contribution in [2.75, 3.05) is 0 Å². The molecule has 0 heterocycles. The SMILES string of the molecule is C[C@H](NC(=O)CC#N)c1ccc(Cl)cc1Cl. The summed E-state index contributed by atoms with van der Waals surface area (Å²) in [7, 11) is 0. The fourth-order valence-corrected chi connectivity index (χ4v) is 1.87. The van der Waals surface area contributed by atoms with E-state index < -0.39 is 0 Å². The van der Waals surface area contributed by atoms with E-state index in [1.165, 1.54) is 0 Å². The average molecular weight is 257 g/mol. The highest BCUT2D eigenvalue weighted by atomic mass is 35.5. The molecule has 1 amide bonds. The largest absolute Gasteiger partial charge is 0.349 e. The van der Waals surface area contributed by atoms with Gasteiger partial charge in [0.25, 0.3) is 0 Å². The number of hydrogen-bond donors (Lipinski definition) is 1. The molecule has 1 rings (SSSR count). The molecule has 0 fully saturated rings. The van der Waals surface area contributed by atoms with E-state index in [9.17, 15) is 4.79 Å². The number of nitrogens with one attached hydrogen (secondary N) is 1. The van der Waals surface area contributed by atoms with Gasteiger partial charge in [-0.15, -0.1) is 0 Å². The monoisotopic (exact) mass is 256 g/mol. The van der Waals surface area contributed by atoms with E-state index in [4.69, 9.17) is 28.5 Å². The topological polar surface area (TPSA) is 52.9 Å². The second-order valence-corrected chi connectivity index (χ2v) is 4.13. The van der Waals surface area contributed by atoms with Crippen LogP contribution in [0.3, 0.4) is 0 Å². The van der Waals surface area contributed by atoms with Crippen molar-refractivity contribution >= 4 is 29.1 Å². The third-order valence-electron chi connectivity index (χ3n) is 2.05. The summed E-state index contributed by atoms with van der Waals surface area (Å²) in [5, 5.41) is 12.1. The smallest absolute Gasteiger partial charge is 0.234 e. The summed E-state index contributed by atoms with van der Waals surface area (Å²) in [6, 6.07) is 6.61. The van der Waals surface area contributed by atoms with Gasteiger partial charge < -0.3 is 5.32 Å². The van der Waals surface area contributed by atoms with Crippen LogP contribution in [0.4, 0.5) is 0 Å². The summed E-state index contributed by atoms with van der Waals surface area (Å²) in [6.45, 7) is 1.80. The number of benzene rings is 1. The molecule has 0 unspecified atom stereocenters. The van der Waals surface area contributed by atoms with E-state index in [0.29, 0.717) is 10.0 Å². The van der Waals surface area contributed by atoms with E-state index in [1.54, 1.807) is 31.2 Å². The molecule has 0 aliphatic heterocycles. The third kappa shape index (κ3) is 3.41. The Kier molecular flexibility index (Phi) is 4.60. The minimum Gasteiger partial charge on any atom is -0.349 e. The lowest BCUT2D eigenvalue weighted by molar-refractivity contribution is -0.120. The average Bonchev–Trinajstić information content (AvgIpc) is 2.17. The Balaban J connectivity index is 2.77. The lowest BCUT2D eigenvalue weighted by atomic mass is 10.1. The van der Waals surface area contributed by atoms with Crippen molar-refractivity contribution in [2.45, 2.75) is 19.4 Å². The molecular formula is C11H10Cl2N2O. The Morgan fingerprint density at radius 2 is 2.25 bits per heavy atom. The Morgan fingerprint density at radius 1 is 1.56 bits per heavy atom. The molecule has 0 saturated heterocycles. The Morgan fingerprint density at radius 3 is 2.81 bits per heavy atom. The van der Waals surface area contributed by atoms with Crippen LogP contribution in [0.15, 0.2) is 18.2 Å². The van der Waals surface area contributed by atoms with Crippen LogP contribution in [0.1, 0.15) is 24.9 Å². The highest BCUT2D eigenvalue weighted by Gasteiger charge is 2.12. The van der Waals surface area contributed by atoms with Crippen molar-refractivity contribution < 1.29 is 4.79 Å². The van der Waals surface area contributed by atoms with E-state index >= 15 is 0 Å². The molecule has 84 valence electrons. The molecule has 0 spiro atoms. The summed E-state index contributed by atoms with van der Waals surface area (Å²) >= 11 is 11.7. The predicted octanol–water partition coefficient (Wildman–Crippen LogP) is 3.08. The predicted molar refractivity (Wildman–Crippen MR) is 63.2 cm³/mol. The van der Waals surface area contributed by atoms with Gasteiger partial charge in [-0.25, -0.2) is 0 Å². The summed E-state index contributed by atoms with van der Waals surface area (Å²) in [5.41, 5.74) is 0.775. The second kappa shape index (κ2) is 5.74. The highest BCUT2D eigenvalue weighted by Crippen LogP contribution is 2.25. The van der Waals surface area contributed by atoms with Crippen LogP contribution in [-0.2, 0) is 4.79 Å². The number of amides is 1. The van der Waals surface area contributed by atoms with Crippen LogP contribution in [-0.4, -0.2) is 5.91 Å². The molecule has 1 aromatic rings. The molecule has 5 heteroatoms. The Labute approximate surface area is 104 Å². The molecule has 0 saturated carbocycles. The molecule has 0 aliphatic rings. The molecule has 0 bridgehead atoms. The number of carbonyl (C=O) groups excluding carboxylic acids is 1. The first-order chi connectivity index (χ1) is 7.54. The van der Waals surface area contributed by atoms with Gasteiger partial charge in [-0.1, -0.05) is 29.3 Å². The molecule has 0 radical (unpaired) electrons. The van der Waals surface area contributed by atoms with Crippen LogP contribution in [0.5, 0.6) is 0 Å². The summed E-state index contributed by atoms with van der Waals surface area (Å²) in [6.07, 6.45) is -0.157. The van der Waals surface area contributed by atoms with Gasteiger partial charge in [0.15, 0.2) is 0 Å². The zero-order valence-electron chi connectivity index (χ0n) is 8.63. The van der Waals surface area contributed by atoms with Gasteiger partial charge in [-0.2, -0.15) is 5.26 Å². The van der Waals surface area contributed by atoms with Crippen LogP contribution < -0.4 is 5.32 Å². The molecule has 1 atom stereocenters. The molecule has 1 aromatic carbocycles. The maximum absolute atomic E-state index is 11.2. The van der Waals surface area contributed by atoms with E-state index in [0.717, 1.165) is 5.56 Å². The zero-order valence-corrected chi connectivity index (χ0v) is 10.1. The summed E-state index contributed by atoms with van der Waals surface area (Å²) in [4.78, 5) is 11.2. The molecule has 16 heavy (non-hydrogen) atoms. The van der Waals surface area contributed by atoms with Crippen molar-refractivity contribution in [1.29, 1.82) is 5.26 Å². The van der Waals surface area contributed by atoms with Gasteiger partial charge in [-0.3, -0.25) is 4.79 Å². The van der Waals surface area contributed by atoms with Crippen LogP contribution in [0.2, 0.25) is 10.0 Å². The fraction of sp³-hybridized carbons (Fsp3) is 0.273. The Hall–Kier alpha value is -1.24. The molecule has 1 N–H and O–H groups in total. The number of rotatable bonds is 3. The van der Waals surface area contributed by atoms with Crippen LogP contribution >= 0.6 is 23.2 Å². The zero-order chi connectivity index (χ0) is 12.1. The minimum atomic E-state index is -0.319. The van der Waals surface area contributed by atoms with Crippen molar-refractivity contribution in [3.05, 3.63) is 33.8 Å². The number of halogens is 2. The molecule has 0 aromatic heterocycles. The van der Waals surface area contributed by atoms with E-state index in [-0.39, 0.29) is 18.4 Å². The van der Waals surface area contributed by atoms with E-state index in [1.807, 2.05) is 0 Å². The maximum atomic E-state index is 11.2. The number of nitrogens with zero attached hydrogens (tertiary/aromatic N) is 1. The van der Waals surface area contributed by atoms with Crippen LogP contribution in [0.25, 0.3) is 0 Å². The van der Waals surface area contributed by atoms with Gasteiger partial charge in [0, 0.05) is 10.0 Å². The first kappa shape index (κ1) is 12.8. The van der Waals surface area contributed by atoms with Gasteiger partial charge in [-0.05, 0) is 24.6 Å². The molecular weight excluding hydrogens is 247 g/mol. The van der Waals surface area contributed by atoms with E-state index in [2.05, 4.69) is 5.32 Å².